The van der Waals surface area contributed by atoms with Crippen LogP contribution in [0.25, 0.3) is 0 Å². The van der Waals surface area contributed by atoms with Gasteiger partial charge in [0, 0.05) is 16.8 Å². The molecule has 0 radical (unpaired) electrons. The highest BCUT2D eigenvalue weighted by molar-refractivity contribution is 8.16. The van der Waals surface area contributed by atoms with E-state index in [1.807, 2.05) is 36.3 Å². The average molecular weight is 434 g/mol. The maximum Gasteiger partial charge on any atom is 0.338 e. The first-order valence-corrected chi connectivity index (χ1v) is 10.7. The van der Waals surface area contributed by atoms with E-state index in [0.717, 1.165) is 22.8 Å². The molecule has 0 bridgehead atoms. The van der Waals surface area contributed by atoms with Gasteiger partial charge >= 0.3 is 5.97 Å². The number of thioether (sulfide) groups is 1. The van der Waals surface area contributed by atoms with Crippen molar-refractivity contribution < 1.29 is 14.3 Å². The van der Waals surface area contributed by atoms with Crippen LogP contribution in [0.2, 0.25) is 5.02 Å². The molecule has 1 aromatic rings. The largest absolute Gasteiger partial charge is 0.466 e. The van der Waals surface area contributed by atoms with E-state index in [1.54, 1.807) is 19.1 Å². The zero-order valence-corrected chi connectivity index (χ0v) is 18.4. The molecule has 0 saturated carbocycles. The number of allylic oxidation sites excluding steroid dienone is 1. The lowest BCUT2D eigenvalue weighted by atomic mass is 9.94. The van der Waals surface area contributed by atoms with E-state index in [2.05, 4.69) is 10.3 Å². The van der Waals surface area contributed by atoms with E-state index in [9.17, 15) is 9.59 Å². The van der Waals surface area contributed by atoms with Gasteiger partial charge in [-0.15, -0.1) is 0 Å². The van der Waals surface area contributed by atoms with Crippen LogP contribution in [-0.4, -0.2) is 35.1 Å². The second-order valence-corrected chi connectivity index (χ2v) is 8.26. The van der Waals surface area contributed by atoms with Gasteiger partial charge in [0.05, 0.1) is 30.8 Å². The van der Waals surface area contributed by atoms with Crippen molar-refractivity contribution in [3.05, 3.63) is 57.2 Å². The molecule has 0 fully saturated rings. The van der Waals surface area contributed by atoms with Gasteiger partial charge in [0.15, 0.2) is 5.17 Å². The van der Waals surface area contributed by atoms with E-state index in [4.69, 9.17) is 16.3 Å². The van der Waals surface area contributed by atoms with Gasteiger partial charge in [-0.3, -0.25) is 4.79 Å². The summed E-state index contributed by atoms with van der Waals surface area (Å²) in [6.07, 6.45) is 1.06. The molecule has 2 aliphatic rings. The highest BCUT2D eigenvalue weighted by Crippen LogP contribution is 2.44. The van der Waals surface area contributed by atoms with Crippen LogP contribution in [0.1, 0.15) is 45.2 Å². The maximum atomic E-state index is 12.6. The topological polar surface area (TPSA) is 71.0 Å². The molecule has 6 nitrogen and oxygen atoms in total. The summed E-state index contributed by atoms with van der Waals surface area (Å²) in [6, 6.07) is 7.00. The Morgan fingerprint density at radius 2 is 2.03 bits per heavy atom. The van der Waals surface area contributed by atoms with Gasteiger partial charge in [0.2, 0.25) is 5.91 Å². The van der Waals surface area contributed by atoms with E-state index in [-0.39, 0.29) is 18.4 Å². The SMILES string of the molecule is CCC(C)NC(=O)CC1=CSC2=NC(C)=C(C(=O)OC)C(c3ccc(Cl)cc3)N12. The summed E-state index contributed by atoms with van der Waals surface area (Å²) in [5, 5.41) is 6.26. The number of amides is 1. The molecule has 1 N–H and O–H groups in total. The molecule has 2 heterocycles. The van der Waals surface area contributed by atoms with Gasteiger partial charge in [-0.05, 0) is 43.4 Å². The number of methoxy groups -OCH3 is 1. The van der Waals surface area contributed by atoms with Crippen molar-refractivity contribution in [2.24, 2.45) is 4.99 Å². The fourth-order valence-electron chi connectivity index (χ4n) is 3.29. The molecular weight excluding hydrogens is 410 g/mol. The number of fused-ring (bicyclic) bond motifs is 1. The minimum absolute atomic E-state index is 0.0619. The van der Waals surface area contributed by atoms with Gasteiger partial charge in [0.25, 0.3) is 0 Å². The summed E-state index contributed by atoms with van der Waals surface area (Å²) in [5.74, 6) is -0.501. The second kappa shape index (κ2) is 9.05. The lowest BCUT2D eigenvalue weighted by Gasteiger charge is -2.36. The van der Waals surface area contributed by atoms with Gasteiger partial charge in [-0.25, -0.2) is 9.79 Å². The van der Waals surface area contributed by atoms with Crippen molar-refractivity contribution in [1.29, 1.82) is 0 Å². The molecule has 1 amide bonds. The number of rotatable bonds is 6. The third-order valence-electron chi connectivity index (χ3n) is 4.95. The number of ether oxygens (including phenoxy) is 1. The third kappa shape index (κ3) is 4.51. The molecule has 2 atom stereocenters. The zero-order chi connectivity index (χ0) is 21.1. The van der Waals surface area contributed by atoms with Crippen LogP contribution in [0.3, 0.4) is 0 Å². The van der Waals surface area contributed by atoms with Gasteiger partial charge < -0.3 is 15.0 Å². The number of amidine groups is 1. The first-order valence-electron chi connectivity index (χ1n) is 9.43. The van der Waals surface area contributed by atoms with Crippen molar-refractivity contribution in [2.75, 3.05) is 7.11 Å². The molecule has 0 spiro atoms. The molecule has 2 aliphatic heterocycles. The Labute approximate surface area is 180 Å². The number of hydrogen-bond donors (Lipinski definition) is 1. The van der Waals surface area contributed by atoms with Crippen LogP contribution in [0.5, 0.6) is 0 Å². The van der Waals surface area contributed by atoms with Crippen LogP contribution in [0.4, 0.5) is 0 Å². The monoisotopic (exact) mass is 433 g/mol. The molecular formula is C21H24ClN3O3S. The highest BCUT2D eigenvalue weighted by Gasteiger charge is 2.40. The van der Waals surface area contributed by atoms with Crippen LogP contribution in [0.15, 0.2) is 51.6 Å². The number of nitrogens with one attached hydrogen (secondary N) is 1. The smallest absolute Gasteiger partial charge is 0.338 e. The van der Waals surface area contributed by atoms with E-state index >= 15 is 0 Å². The molecule has 0 saturated heterocycles. The summed E-state index contributed by atoms with van der Waals surface area (Å²) in [5.41, 5.74) is 2.73. The van der Waals surface area contributed by atoms with Gasteiger partial charge in [-0.2, -0.15) is 0 Å². The summed E-state index contributed by atoms with van der Waals surface area (Å²) in [6.45, 7) is 5.80. The first-order chi connectivity index (χ1) is 13.8. The molecule has 154 valence electrons. The van der Waals surface area contributed by atoms with Crippen LogP contribution < -0.4 is 5.32 Å². The van der Waals surface area contributed by atoms with Crippen LogP contribution in [-0.2, 0) is 14.3 Å². The lowest BCUT2D eigenvalue weighted by molar-refractivity contribution is -0.136. The van der Waals surface area contributed by atoms with E-state index in [0.29, 0.717) is 16.3 Å². The number of benzene rings is 1. The predicted octanol–water partition coefficient (Wildman–Crippen LogP) is 4.39. The van der Waals surface area contributed by atoms with Crippen LogP contribution >= 0.6 is 23.4 Å². The molecule has 1 aromatic carbocycles. The fraction of sp³-hybridized carbons (Fsp3) is 0.381. The maximum absolute atomic E-state index is 12.6. The lowest BCUT2D eigenvalue weighted by Crippen LogP contribution is -2.39. The van der Waals surface area contributed by atoms with E-state index in [1.165, 1.54) is 18.9 Å². The normalized spacial score (nSPS) is 19.3. The fourth-order valence-corrected chi connectivity index (χ4v) is 4.38. The summed E-state index contributed by atoms with van der Waals surface area (Å²) in [7, 11) is 1.36. The van der Waals surface area contributed by atoms with Crippen molar-refractivity contribution >= 4 is 40.4 Å². The number of halogens is 1. The molecule has 8 heteroatoms. The number of carbonyl (C=O) groups is 2. The number of carbonyl (C=O) groups excluding carboxylic acids is 2. The highest BCUT2D eigenvalue weighted by atomic mass is 35.5. The summed E-state index contributed by atoms with van der Waals surface area (Å²) in [4.78, 5) is 31.7. The van der Waals surface area contributed by atoms with Crippen molar-refractivity contribution in [3.8, 4) is 0 Å². The average Bonchev–Trinajstić information content (AvgIpc) is 3.08. The number of aliphatic imine (C=N–C) groups is 1. The summed E-state index contributed by atoms with van der Waals surface area (Å²) >= 11 is 7.52. The van der Waals surface area contributed by atoms with Crippen LogP contribution in [0, 0.1) is 0 Å². The number of hydrogen-bond acceptors (Lipinski definition) is 6. The second-order valence-electron chi connectivity index (χ2n) is 6.99. The number of esters is 1. The van der Waals surface area contributed by atoms with Gasteiger partial charge in [0.1, 0.15) is 0 Å². The Balaban J connectivity index is 1.99. The Kier molecular flexibility index (Phi) is 6.70. The molecule has 2 unspecified atom stereocenters. The zero-order valence-electron chi connectivity index (χ0n) is 16.9. The Hall–Kier alpha value is -2.25. The van der Waals surface area contributed by atoms with Crippen molar-refractivity contribution in [3.63, 3.8) is 0 Å². The number of nitrogens with zero attached hydrogens (tertiary/aromatic N) is 2. The van der Waals surface area contributed by atoms with E-state index < -0.39 is 12.0 Å². The van der Waals surface area contributed by atoms with Crippen molar-refractivity contribution in [1.82, 2.24) is 10.2 Å². The molecule has 0 aromatic heterocycles. The summed E-state index contributed by atoms with van der Waals surface area (Å²) < 4.78 is 5.04. The third-order valence-corrected chi connectivity index (χ3v) is 6.09. The van der Waals surface area contributed by atoms with Crippen molar-refractivity contribution in [2.45, 2.75) is 45.7 Å². The Morgan fingerprint density at radius 1 is 1.34 bits per heavy atom. The standard InChI is InChI=1S/C21H24ClN3O3S/c1-5-12(2)23-17(26)10-16-11-29-21-24-13(3)18(20(27)28-4)19(25(16)21)14-6-8-15(22)9-7-14/h6-9,11-12,19H,5,10H2,1-4H3,(H,23,26). The molecule has 29 heavy (non-hydrogen) atoms. The quantitative estimate of drug-likeness (QED) is 0.673. The minimum Gasteiger partial charge on any atom is -0.466 e. The van der Waals surface area contributed by atoms with Gasteiger partial charge in [-0.1, -0.05) is 42.4 Å². The molecule has 0 aliphatic carbocycles. The predicted molar refractivity (Wildman–Crippen MR) is 116 cm³/mol. The minimum atomic E-state index is -0.440. The first kappa shape index (κ1) is 21.5. The Bertz CT molecular complexity index is 908. The molecule has 3 rings (SSSR count). The Morgan fingerprint density at radius 3 is 2.66 bits per heavy atom.